The number of aromatic nitrogens is 1. The van der Waals surface area contributed by atoms with Gasteiger partial charge in [0.25, 0.3) is 5.91 Å². The highest BCUT2D eigenvalue weighted by Crippen LogP contribution is 2.61. The number of anilines is 1. The molecule has 196 valence electrons. The van der Waals surface area contributed by atoms with E-state index in [0.29, 0.717) is 24.2 Å². The summed E-state index contributed by atoms with van der Waals surface area (Å²) in [6, 6.07) is 14.0. The van der Waals surface area contributed by atoms with Crippen LogP contribution in [0.4, 0.5) is 10.1 Å². The van der Waals surface area contributed by atoms with Crippen molar-refractivity contribution in [3.05, 3.63) is 76.9 Å². The Morgan fingerprint density at radius 1 is 1.11 bits per heavy atom. The molecule has 7 nitrogen and oxygen atoms in total. The molecule has 7 rings (SSSR count). The number of aryl methyl sites for hydroxylation is 1. The number of halogens is 1. The smallest absolute Gasteiger partial charge is 0.256 e. The molecule has 2 unspecified atom stereocenters. The lowest BCUT2D eigenvalue weighted by Gasteiger charge is -2.39. The topological polar surface area (TPSA) is 79.9 Å². The van der Waals surface area contributed by atoms with Gasteiger partial charge in [0.15, 0.2) is 0 Å². The summed E-state index contributed by atoms with van der Waals surface area (Å²) >= 11 is 0. The monoisotopic (exact) mass is 514 g/mol. The lowest BCUT2D eigenvalue weighted by atomic mass is 9.82. The summed E-state index contributed by atoms with van der Waals surface area (Å²) in [6.07, 6.45) is 2.41. The van der Waals surface area contributed by atoms with Crippen LogP contribution in [0.5, 0.6) is 0 Å². The number of aromatic amines is 1. The van der Waals surface area contributed by atoms with Crippen LogP contribution in [-0.2, 0) is 4.79 Å². The molecule has 0 radical (unpaired) electrons. The molecule has 2 amide bonds. The number of β-amino-alcohol motifs (C(OH)–C–C–N with tert-alkyl or cyclic N) is 1. The molecule has 8 heteroatoms. The fraction of sp³-hybridized carbons (Fsp3) is 0.400. The van der Waals surface area contributed by atoms with Crippen LogP contribution < -0.4 is 4.90 Å². The number of benzene rings is 2. The van der Waals surface area contributed by atoms with Crippen molar-refractivity contribution in [1.82, 2.24) is 14.8 Å². The number of nitrogens with zero attached hydrogens (tertiary/aromatic N) is 3. The van der Waals surface area contributed by atoms with Crippen LogP contribution in [-0.4, -0.2) is 70.0 Å². The summed E-state index contributed by atoms with van der Waals surface area (Å²) in [5.41, 5.74) is 5.09. The average Bonchev–Trinajstić information content (AvgIpc) is 3.71. The van der Waals surface area contributed by atoms with Crippen molar-refractivity contribution in [1.29, 1.82) is 0 Å². The van der Waals surface area contributed by atoms with Crippen molar-refractivity contribution >= 4 is 17.5 Å². The standard InChI is InChI=1S/C30H31FN4O3/c1-17-14-22(29(37)34-12-5-6-18(34)15-33-13-11-19(36)16-33)27(32-17)28-26-25-21(20-7-2-3-9-23(20)31)8-4-10-24(25)35(28)30(26)38/h2-4,7-10,14,18-19,26,28,32,36H,5-6,11-13,15-16H2,1H3/t18-,19+,26?,28?/m0/s1. The fourth-order valence-corrected chi connectivity index (χ4v) is 7.08. The van der Waals surface area contributed by atoms with Gasteiger partial charge in [-0.05, 0) is 55.5 Å². The third kappa shape index (κ3) is 3.47. The van der Waals surface area contributed by atoms with E-state index in [1.54, 1.807) is 23.1 Å². The van der Waals surface area contributed by atoms with Crippen molar-refractivity contribution in [2.24, 2.45) is 0 Å². The van der Waals surface area contributed by atoms with Gasteiger partial charge in [-0.1, -0.05) is 30.3 Å². The number of β-lactam (4-membered cyclic amide) rings is 1. The quantitative estimate of drug-likeness (QED) is 0.505. The molecule has 38 heavy (non-hydrogen) atoms. The van der Waals surface area contributed by atoms with Gasteiger partial charge in [-0.2, -0.15) is 0 Å². The summed E-state index contributed by atoms with van der Waals surface area (Å²) in [7, 11) is 0. The third-order valence-electron chi connectivity index (χ3n) is 8.78. The molecule has 4 atom stereocenters. The number of fused-ring (bicyclic) bond motifs is 5. The number of carbonyl (C=O) groups excluding carboxylic acids is 2. The molecule has 3 fully saturated rings. The van der Waals surface area contributed by atoms with Gasteiger partial charge in [0.05, 0.1) is 29.3 Å². The fourth-order valence-electron chi connectivity index (χ4n) is 7.08. The van der Waals surface area contributed by atoms with E-state index < -0.39 is 5.92 Å². The number of aliphatic hydroxyl groups is 1. The predicted octanol–water partition coefficient (Wildman–Crippen LogP) is 3.99. The number of carbonyl (C=O) groups is 2. The van der Waals surface area contributed by atoms with Crippen LogP contribution in [0.3, 0.4) is 0 Å². The van der Waals surface area contributed by atoms with Crippen molar-refractivity contribution in [3.63, 3.8) is 0 Å². The minimum Gasteiger partial charge on any atom is -0.392 e. The van der Waals surface area contributed by atoms with Crippen LogP contribution in [0.2, 0.25) is 0 Å². The molecule has 1 aromatic heterocycles. The summed E-state index contributed by atoms with van der Waals surface area (Å²) in [4.78, 5) is 36.6. The van der Waals surface area contributed by atoms with Gasteiger partial charge in [0.2, 0.25) is 5.91 Å². The summed E-state index contributed by atoms with van der Waals surface area (Å²) < 4.78 is 14.8. The number of likely N-dealkylation sites (tertiary alicyclic amines) is 2. The minimum atomic E-state index is -0.453. The lowest BCUT2D eigenvalue weighted by molar-refractivity contribution is -0.125. The first kappa shape index (κ1) is 23.6. The Kier molecular flexibility index (Phi) is 5.46. The van der Waals surface area contributed by atoms with E-state index in [-0.39, 0.29) is 35.8 Å². The van der Waals surface area contributed by atoms with Gasteiger partial charge in [-0.3, -0.25) is 14.5 Å². The maximum atomic E-state index is 14.8. The predicted molar refractivity (Wildman–Crippen MR) is 141 cm³/mol. The minimum absolute atomic E-state index is 0.00826. The molecule has 2 N–H and O–H groups in total. The van der Waals surface area contributed by atoms with Crippen molar-refractivity contribution < 1.29 is 19.1 Å². The molecule has 2 bridgehead atoms. The molecule has 3 saturated heterocycles. The van der Waals surface area contributed by atoms with Gasteiger partial charge < -0.3 is 19.9 Å². The third-order valence-corrected chi connectivity index (χ3v) is 8.78. The highest BCUT2D eigenvalue weighted by Gasteiger charge is 2.59. The zero-order valence-electron chi connectivity index (χ0n) is 21.4. The van der Waals surface area contributed by atoms with Crippen molar-refractivity contribution in [2.75, 3.05) is 31.1 Å². The van der Waals surface area contributed by atoms with Crippen molar-refractivity contribution in [3.8, 4) is 11.1 Å². The Morgan fingerprint density at radius 3 is 2.71 bits per heavy atom. The van der Waals surface area contributed by atoms with Crippen LogP contribution in [0, 0.1) is 12.7 Å². The number of nitrogens with one attached hydrogen (secondary N) is 1. The van der Waals surface area contributed by atoms with Gasteiger partial charge in [0.1, 0.15) is 5.82 Å². The molecule has 4 aliphatic heterocycles. The van der Waals surface area contributed by atoms with Crippen molar-refractivity contribution in [2.45, 2.75) is 50.3 Å². The van der Waals surface area contributed by atoms with Crippen LogP contribution in [0.1, 0.15) is 58.5 Å². The van der Waals surface area contributed by atoms with Gasteiger partial charge in [-0.15, -0.1) is 0 Å². The number of hydrogen-bond acceptors (Lipinski definition) is 4. The molecule has 0 spiro atoms. The average molecular weight is 515 g/mol. The highest BCUT2D eigenvalue weighted by atomic mass is 19.1. The highest BCUT2D eigenvalue weighted by molar-refractivity contribution is 6.15. The molecular formula is C30H31FN4O3. The zero-order valence-corrected chi connectivity index (χ0v) is 21.4. The van der Waals surface area contributed by atoms with Crippen LogP contribution >= 0.6 is 0 Å². The molecule has 2 aromatic carbocycles. The first-order valence-corrected chi connectivity index (χ1v) is 13.5. The number of rotatable bonds is 5. The van der Waals surface area contributed by atoms with Crippen LogP contribution in [0.25, 0.3) is 11.1 Å². The number of amides is 2. The summed E-state index contributed by atoms with van der Waals surface area (Å²) in [5.74, 6) is -0.789. The molecule has 4 aliphatic rings. The molecule has 3 aromatic rings. The Balaban J connectivity index is 1.21. The van der Waals surface area contributed by atoms with E-state index in [0.717, 1.165) is 60.6 Å². The van der Waals surface area contributed by atoms with E-state index in [1.807, 2.05) is 36.1 Å². The maximum absolute atomic E-state index is 14.8. The van der Waals surface area contributed by atoms with Crippen LogP contribution in [0.15, 0.2) is 48.5 Å². The Labute approximate surface area is 220 Å². The normalized spacial score (nSPS) is 26.2. The molecular weight excluding hydrogens is 483 g/mol. The largest absolute Gasteiger partial charge is 0.392 e. The summed E-state index contributed by atoms with van der Waals surface area (Å²) in [6.45, 7) is 4.94. The van der Waals surface area contributed by atoms with E-state index in [1.165, 1.54) is 6.07 Å². The van der Waals surface area contributed by atoms with Gasteiger partial charge in [-0.25, -0.2) is 4.39 Å². The molecule has 5 heterocycles. The van der Waals surface area contributed by atoms with Gasteiger partial charge in [0, 0.05) is 49.2 Å². The second-order valence-corrected chi connectivity index (χ2v) is 11.1. The second-order valence-electron chi connectivity index (χ2n) is 11.1. The first-order chi connectivity index (χ1) is 18.4. The Bertz CT molecular complexity index is 1450. The first-order valence-electron chi connectivity index (χ1n) is 13.5. The number of aliphatic hydroxyl groups excluding tert-OH is 1. The zero-order chi connectivity index (χ0) is 26.1. The lowest BCUT2D eigenvalue weighted by Crippen LogP contribution is -2.49. The van der Waals surface area contributed by atoms with E-state index in [2.05, 4.69) is 9.88 Å². The summed E-state index contributed by atoms with van der Waals surface area (Å²) in [5, 5.41) is 9.94. The maximum Gasteiger partial charge on any atom is 0.256 e. The van der Waals surface area contributed by atoms with Gasteiger partial charge >= 0.3 is 0 Å². The SMILES string of the molecule is Cc1cc(C(=O)N2CCC[C@H]2CN2CC[C@@H](O)C2)c(C2C3C(=O)N2c2cccc(-c4ccccc4F)c23)[nH]1. The van der Waals surface area contributed by atoms with E-state index in [9.17, 15) is 19.1 Å². The Morgan fingerprint density at radius 2 is 1.92 bits per heavy atom. The number of H-pyrrole nitrogens is 1. The number of hydrogen-bond donors (Lipinski definition) is 2. The second kappa shape index (κ2) is 8.78. The van der Waals surface area contributed by atoms with E-state index in [4.69, 9.17) is 0 Å². The molecule has 0 saturated carbocycles. The Hall–Kier alpha value is -3.49. The molecule has 0 aliphatic carbocycles. The van der Waals surface area contributed by atoms with E-state index >= 15 is 0 Å².